The van der Waals surface area contributed by atoms with Crippen molar-refractivity contribution in [2.45, 2.75) is 33.7 Å². The van der Waals surface area contributed by atoms with Crippen LogP contribution in [0.25, 0.3) is 0 Å². The zero-order valence-electron chi connectivity index (χ0n) is 16.8. The van der Waals surface area contributed by atoms with Crippen LogP contribution in [0.2, 0.25) is 0 Å². The maximum Gasteiger partial charge on any atom is 0.317 e. The highest BCUT2D eigenvalue weighted by Crippen LogP contribution is 2.40. The number of aryl methyl sites for hydroxylation is 2. The number of urea groups is 1. The molecule has 154 valence electrons. The van der Waals surface area contributed by atoms with E-state index in [0.29, 0.717) is 51.6 Å². The zero-order valence-corrected chi connectivity index (χ0v) is 16.8. The average Bonchev–Trinajstić information content (AvgIpc) is 3.16. The lowest BCUT2D eigenvalue weighted by atomic mass is 10.2. The molecule has 2 heterocycles. The minimum absolute atomic E-state index is 0.0994. The van der Waals surface area contributed by atoms with Crippen molar-refractivity contribution >= 4 is 17.9 Å². The highest BCUT2D eigenvalue weighted by molar-refractivity contribution is 5.93. The molecule has 2 fully saturated rings. The van der Waals surface area contributed by atoms with Crippen molar-refractivity contribution in [3.63, 3.8) is 0 Å². The Morgan fingerprint density at radius 3 is 2.82 bits per heavy atom. The highest BCUT2D eigenvalue weighted by Gasteiger charge is 2.45. The van der Waals surface area contributed by atoms with Crippen molar-refractivity contribution in [2.24, 2.45) is 11.8 Å². The van der Waals surface area contributed by atoms with Gasteiger partial charge in [-0.25, -0.2) is 4.79 Å². The Kier molecular flexibility index (Phi) is 6.21. The van der Waals surface area contributed by atoms with Crippen LogP contribution in [0.3, 0.4) is 0 Å². The summed E-state index contributed by atoms with van der Waals surface area (Å²) in [5.74, 6) is -0.331. The van der Waals surface area contributed by atoms with Gasteiger partial charge in [0.05, 0.1) is 18.2 Å². The number of carbonyl (C=O) groups is 3. The van der Waals surface area contributed by atoms with Gasteiger partial charge < -0.3 is 19.9 Å². The fourth-order valence-corrected chi connectivity index (χ4v) is 3.63. The lowest BCUT2D eigenvalue weighted by Gasteiger charge is -2.25. The van der Waals surface area contributed by atoms with Gasteiger partial charge >= 0.3 is 12.0 Å². The normalized spacial score (nSPS) is 20.8. The Balaban J connectivity index is 1.69. The van der Waals surface area contributed by atoms with Crippen molar-refractivity contribution in [1.29, 1.82) is 0 Å². The van der Waals surface area contributed by atoms with Crippen LogP contribution in [0.4, 0.5) is 4.79 Å². The summed E-state index contributed by atoms with van der Waals surface area (Å²) >= 11 is 0. The summed E-state index contributed by atoms with van der Waals surface area (Å²) in [6.07, 6.45) is 0.735. The summed E-state index contributed by atoms with van der Waals surface area (Å²) in [6.45, 7) is 9.20. The number of hydrogen-bond donors (Lipinski definition) is 1. The molecule has 9 nitrogen and oxygen atoms in total. The van der Waals surface area contributed by atoms with E-state index in [1.165, 1.54) is 0 Å². The molecule has 1 N–H and O–H groups in total. The Labute approximate surface area is 165 Å². The maximum absolute atomic E-state index is 13.2. The number of nitrogens with one attached hydrogen (secondary N) is 1. The quantitative estimate of drug-likeness (QED) is 0.630. The number of nitrogens with zero attached hydrogens (tertiary/aromatic N) is 4. The second-order valence-electron chi connectivity index (χ2n) is 7.31. The van der Waals surface area contributed by atoms with Crippen LogP contribution in [-0.2, 0) is 16.1 Å². The molecule has 9 heteroatoms. The molecule has 1 aliphatic heterocycles. The standard InChI is InChI=1S/C19H29N5O4/c1-4-24-16(10-13(3)21-24)17(25)23(9-8-22-7-6-20-19(22)27)12-14-11-15(14)18(26)28-5-2/h10,14-15H,4-9,11-12H2,1-3H3,(H,20,27)/t14-,15+/m0/s1. The summed E-state index contributed by atoms with van der Waals surface area (Å²) in [7, 11) is 0. The molecule has 1 aromatic rings. The summed E-state index contributed by atoms with van der Waals surface area (Å²) in [4.78, 5) is 40.4. The minimum atomic E-state index is -0.187. The molecule has 1 aromatic heterocycles. The first-order valence-corrected chi connectivity index (χ1v) is 9.97. The summed E-state index contributed by atoms with van der Waals surface area (Å²) < 4.78 is 6.80. The van der Waals surface area contributed by atoms with Crippen molar-refractivity contribution in [3.05, 3.63) is 17.5 Å². The highest BCUT2D eigenvalue weighted by atomic mass is 16.5. The van der Waals surface area contributed by atoms with Gasteiger partial charge in [-0.15, -0.1) is 0 Å². The lowest BCUT2D eigenvalue weighted by Crippen LogP contribution is -2.41. The van der Waals surface area contributed by atoms with Crippen molar-refractivity contribution in [3.8, 4) is 0 Å². The molecule has 3 amide bonds. The predicted octanol–water partition coefficient (Wildman–Crippen LogP) is 0.878. The fraction of sp³-hybridized carbons (Fsp3) is 0.684. The molecule has 0 spiro atoms. The van der Waals surface area contributed by atoms with Crippen LogP contribution in [0.1, 0.15) is 36.5 Å². The van der Waals surface area contributed by atoms with Crippen molar-refractivity contribution < 1.29 is 19.1 Å². The number of esters is 1. The largest absolute Gasteiger partial charge is 0.466 e. The van der Waals surface area contributed by atoms with Crippen LogP contribution < -0.4 is 5.32 Å². The van der Waals surface area contributed by atoms with Gasteiger partial charge in [0.15, 0.2) is 0 Å². The van der Waals surface area contributed by atoms with Gasteiger partial charge in [-0.2, -0.15) is 5.10 Å². The average molecular weight is 391 g/mol. The van der Waals surface area contributed by atoms with Crippen molar-refractivity contribution in [1.82, 2.24) is 24.9 Å². The maximum atomic E-state index is 13.2. The molecule has 3 rings (SSSR count). The third kappa shape index (κ3) is 4.45. The Morgan fingerprint density at radius 2 is 2.18 bits per heavy atom. The third-order valence-electron chi connectivity index (χ3n) is 5.26. The van der Waals surface area contributed by atoms with Gasteiger partial charge in [0, 0.05) is 39.3 Å². The Hall–Kier alpha value is -2.58. The molecular formula is C19H29N5O4. The molecule has 0 radical (unpaired) electrons. The van der Waals surface area contributed by atoms with Gasteiger partial charge in [0.1, 0.15) is 5.69 Å². The van der Waals surface area contributed by atoms with E-state index in [0.717, 1.165) is 12.1 Å². The summed E-state index contributed by atoms with van der Waals surface area (Å²) in [5.41, 5.74) is 1.33. The Morgan fingerprint density at radius 1 is 1.39 bits per heavy atom. The molecule has 1 aliphatic carbocycles. The number of amides is 3. The van der Waals surface area contributed by atoms with E-state index >= 15 is 0 Å². The second kappa shape index (κ2) is 8.62. The SMILES string of the molecule is CCOC(=O)[C@@H]1C[C@H]1CN(CCN1CCNC1=O)C(=O)c1cc(C)nn1CC. The monoisotopic (exact) mass is 391 g/mol. The first-order chi connectivity index (χ1) is 13.4. The van der Waals surface area contributed by atoms with Crippen molar-refractivity contribution in [2.75, 3.05) is 39.3 Å². The van der Waals surface area contributed by atoms with Crippen LogP contribution in [0, 0.1) is 18.8 Å². The van der Waals surface area contributed by atoms with E-state index < -0.39 is 0 Å². The third-order valence-corrected chi connectivity index (χ3v) is 5.26. The first-order valence-electron chi connectivity index (χ1n) is 9.97. The van der Waals surface area contributed by atoms with Crippen LogP contribution in [0.5, 0.6) is 0 Å². The first kappa shape index (κ1) is 20.2. The van der Waals surface area contributed by atoms with E-state index in [9.17, 15) is 14.4 Å². The molecule has 0 unspecified atom stereocenters. The van der Waals surface area contributed by atoms with E-state index in [4.69, 9.17) is 4.74 Å². The Bertz CT molecular complexity index is 747. The van der Waals surface area contributed by atoms with Crippen LogP contribution >= 0.6 is 0 Å². The number of ether oxygens (including phenoxy) is 1. The van der Waals surface area contributed by atoms with Gasteiger partial charge in [-0.05, 0) is 39.2 Å². The van der Waals surface area contributed by atoms with E-state index in [-0.39, 0.29) is 29.7 Å². The molecule has 2 aliphatic rings. The minimum Gasteiger partial charge on any atom is -0.466 e. The van der Waals surface area contributed by atoms with E-state index in [1.807, 2.05) is 13.8 Å². The molecule has 28 heavy (non-hydrogen) atoms. The zero-order chi connectivity index (χ0) is 20.3. The smallest absolute Gasteiger partial charge is 0.317 e. The number of aromatic nitrogens is 2. The van der Waals surface area contributed by atoms with Gasteiger partial charge in [-0.1, -0.05) is 0 Å². The predicted molar refractivity (Wildman–Crippen MR) is 102 cm³/mol. The second-order valence-corrected chi connectivity index (χ2v) is 7.31. The number of hydrogen-bond acceptors (Lipinski definition) is 5. The van der Waals surface area contributed by atoms with Gasteiger partial charge in [0.25, 0.3) is 5.91 Å². The summed E-state index contributed by atoms with van der Waals surface area (Å²) in [5, 5.41) is 7.14. The van der Waals surface area contributed by atoms with Gasteiger partial charge in [0.2, 0.25) is 0 Å². The van der Waals surface area contributed by atoms with Crippen LogP contribution in [0.15, 0.2) is 6.07 Å². The lowest BCUT2D eigenvalue weighted by molar-refractivity contribution is -0.145. The molecule has 1 saturated carbocycles. The molecular weight excluding hydrogens is 362 g/mol. The van der Waals surface area contributed by atoms with Crippen LogP contribution in [-0.4, -0.2) is 76.8 Å². The summed E-state index contributed by atoms with van der Waals surface area (Å²) in [6, 6.07) is 1.69. The fourth-order valence-electron chi connectivity index (χ4n) is 3.63. The molecule has 2 atom stereocenters. The van der Waals surface area contributed by atoms with E-state index in [1.54, 1.807) is 27.5 Å². The number of carbonyl (C=O) groups excluding carboxylic acids is 3. The molecule has 0 aromatic carbocycles. The molecule has 0 bridgehead atoms. The van der Waals surface area contributed by atoms with Gasteiger partial charge in [-0.3, -0.25) is 14.3 Å². The topological polar surface area (TPSA) is 96.8 Å². The molecule has 1 saturated heterocycles. The van der Waals surface area contributed by atoms with E-state index in [2.05, 4.69) is 10.4 Å². The number of rotatable bonds is 9.